The van der Waals surface area contributed by atoms with E-state index in [2.05, 4.69) is 89.0 Å². The molecule has 4 rings (SSSR count). The number of hydrogen-bond acceptors (Lipinski definition) is 5. The Balaban J connectivity index is 1.54. The van der Waals surface area contributed by atoms with Gasteiger partial charge in [0.25, 0.3) is 0 Å². The molecule has 0 radical (unpaired) electrons. The van der Waals surface area contributed by atoms with Gasteiger partial charge in [-0.05, 0) is 86.0 Å². The van der Waals surface area contributed by atoms with E-state index in [1.54, 1.807) is 11.3 Å². The fraction of sp³-hybridized carbons (Fsp3) is 0.522. The highest BCUT2D eigenvalue weighted by atomic mass is 32.1. The number of benzene rings is 1. The Hall–Kier alpha value is -2.05. The maximum Gasteiger partial charge on any atom is 0.174 e. The molecule has 2 aromatic heterocycles. The number of rotatable bonds is 7. The second-order valence-electron chi connectivity index (χ2n) is 8.70. The molecule has 3 aromatic rings. The Morgan fingerprint density at radius 2 is 1.86 bits per heavy atom. The molecule has 0 bridgehead atoms. The third-order valence-electron chi connectivity index (χ3n) is 6.37. The predicted octanol–water partition coefficient (Wildman–Crippen LogP) is 4.92. The number of nitrogens with zero attached hydrogens (tertiary/aromatic N) is 5. The molecule has 1 fully saturated rings. The molecule has 1 unspecified atom stereocenters. The third-order valence-corrected chi connectivity index (χ3v) is 7.30. The molecule has 5 nitrogen and oxygen atoms in total. The van der Waals surface area contributed by atoms with Gasteiger partial charge in [0.05, 0.1) is 5.54 Å². The van der Waals surface area contributed by atoms with Crippen LogP contribution in [0, 0.1) is 5.92 Å². The van der Waals surface area contributed by atoms with Crippen LogP contribution in [0.4, 0.5) is 0 Å². The van der Waals surface area contributed by atoms with Crippen LogP contribution in [-0.2, 0) is 12.0 Å². The largest absolute Gasteiger partial charge is 0.289 e. The number of piperidine rings is 1. The second-order valence-corrected chi connectivity index (χ2v) is 9.68. The summed E-state index contributed by atoms with van der Waals surface area (Å²) in [6.07, 6.45) is 4.60. The zero-order valence-electron chi connectivity index (χ0n) is 17.7. The highest BCUT2D eigenvalue weighted by Crippen LogP contribution is 2.36. The lowest BCUT2D eigenvalue weighted by Crippen LogP contribution is -2.40. The first kappa shape index (κ1) is 20.2. The van der Waals surface area contributed by atoms with Crippen LogP contribution in [0.25, 0.3) is 0 Å². The summed E-state index contributed by atoms with van der Waals surface area (Å²) < 4.78 is 2.05. The topological polar surface area (TPSA) is 46.8 Å². The maximum atomic E-state index is 4.52. The van der Waals surface area contributed by atoms with Gasteiger partial charge in [-0.15, -0.1) is 16.4 Å². The molecule has 1 saturated heterocycles. The van der Waals surface area contributed by atoms with Gasteiger partial charge in [0.15, 0.2) is 5.82 Å². The molecule has 29 heavy (non-hydrogen) atoms. The molecule has 1 aliphatic rings. The van der Waals surface area contributed by atoms with Crippen LogP contribution in [0.5, 0.6) is 0 Å². The standard InChI is InChI=1S/C23H31N5S/c1-4-23(2,3)28-22(24-25-26-28)21(20-11-8-16-29-20)27-14-12-19(13-15-27)17-18-9-6-5-7-10-18/h5-11,16,19,21H,4,12-15,17H2,1-3H3. The Morgan fingerprint density at radius 1 is 1.10 bits per heavy atom. The fourth-order valence-electron chi connectivity index (χ4n) is 4.23. The van der Waals surface area contributed by atoms with E-state index in [1.165, 1.54) is 29.7 Å². The smallest absolute Gasteiger partial charge is 0.174 e. The SMILES string of the molecule is CCC(C)(C)n1nnnc1C(c1cccs1)N1CCC(Cc2ccccc2)CC1. The summed E-state index contributed by atoms with van der Waals surface area (Å²) in [5.74, 6) is 1.72. The van der Waals surface area contributed by atoms with Gasteiger partial charge in [0, 0.05) is 4.88 Å². The highest BCUT2D eigenvalue weighted by Gasteiger charge is 2.34. The third kappa shape index (κ3) is 4.43. The lowest BCUT2D eigenvalue weighted by atomic mass is 9.89. The highest BCUT2D eigenvalue weighted by molar-refractivity contribution is 7.10. The Morgan fingerprint density at radius 3 is 2.52 bits per heavy atom. The zero-order valence-corrected chi connectivity index (χ0v) is 18.5. The van der Waals surface area contributed by atoms with E-state index in [0.29, 0.717) is 0 Å². The summed E-state index contributed by atoms with van der Waals surface area (Å²) in [6, 6.07) is 15.4. The Bertz CT molecular complexity index is 879. The van der Waals surface area contributed by atoms with Gasteiger partial charge >= 0.3 is 0 Å². The van der Waals surface area contributed by atoms with Gasteiger partial charge in [-0.3, -0.25) is 4.90 Å². The van der Waals surface area contributed by atoms with E-state index in [0.717, 1.165) is 31.3 Å². The number of thiophene rings is 1. The van der Waals surface area contributed by atoms with Gasteiger partial charge in [0.1, 0.15) is 6.04 Å². The molecule has 0 spiro atoms. The van der Waals surface area contributed by atoms with Crippen molar-refractivity contribution in [2.45, 2.75) is 58.0 Å². The second kappa shape index (κ2) is 8.76. The summed E-state index contributed by atoms with van der Waals surface area (Å²) >= 11 is 1.80. The molecule has 0 aliphatic carbocycles. The molecule has 154 valence electrons. The van der Waals surface area contributed by atoms with Crippen molar-refractivity contribution in [3.05, 3.63) is 64.1 Å². The van der Waals surface area contributed by atoms with E-state index in [1.807, 2.05) is 4.68 Å². The number of aromatic nitrogens is 4. The molecule has 0 N–H and O–H groups in total. The maximum absolute atomic E-state index is 4.52. The van der Waals surface area contributed by atoms with Crippen LogP contribution < -0.4 is 0 Å². The van der Waals surface area contributed by atoms with Gasteiger partial charge in [-0.2, -0.15) is 0 Å². The Labute approximate surface area is 177 Å². The van der Waals surface area contributed by atoms with Crippen LogP contribution >= 0.6 is 11.3 Å². The van der Waals surface area contributed by atoms with E-state index in [4.69, 9.17) is 0 Å². The molecule has 1 atom stereocenters. The van der Waals surface area contributed by atoms with Gasteiger partial charge in [-0.1, -0.05) is 43.3 Å². The van der Waals surface area contributed by atoms with Crippen molar-refractivity contribution in [3.63, 3.8) is 0 Å². The average Bonchev–Trinajstić information content (AvgIpc) is 3.43. The average molecular weight is 410 g/mol. The van der Waals surface area contributed by atoms with E-state index < -0.39 is 0 Å². The van der Waals surface area contributed by atoms with Crippen LogP contribution in [0.2, 0.25) is 0 Å². The Kier molecular flexibility index (Phi) is 6.11. The van der Waals surface area contributed by atoms with Crippen LogP contribution in [0.15, 0.2) is 47.8 Å². The molecular weight excluding hydrogens is 378 g/mol. The molecule has 0 saturated carbocycles. The summed E-state index contributed by atoms with van der Waals surface area (Å²) in [6.45, 7) is 8.79. The van der Waals surface area contributed by atoms with Crippen LogP contribution in [-0.4, -0.2) is 38.2 Å². The first-order valence-corrected chi connectivity index (χ1v) is 11.6. The van der Waals surface area contributed by atoms with Gasteiger partial charge in [-0.25, -0.2) is 4.68 Å². The van der Waals surface area contributed by atoms with Crippen molar-refractivity contribution in [2.24, 2.45) is 5.92 Å². The van der Waals surface area contributed by atoms with Crippen LogP contribution in [0.1, 0.15) is 62.3 Å². The minimum absolute atomic E-state index is 0.0972. The van der Waals surface area contributed by atoms with E-state index in [9.17, 15) is 0 Å². The molecule has 1 aliphatic heterocycles. The lowest BCUT2D eigenvalue weighted by Gasteiger charge is -2.37. The fourth-order valence-corrected chi connectivity index (χ4v) is 5.08. The van der Waals surface area contributed by atoms with Crippen molar-refractivity contribution in [2.75, 3.05) is 13.1 Å². The zero-order chi connectivity index (χ0) is 20.3. The number of likely N-dealkylation sites (tertiary alicyclic amines) is 1. The quantitative estimate of drug-likeness (QED) is 0.555. The van der Waals surface area contributed by atoms with Crippen LogP contribution in [0.3, 0.4) is 0 Å². The van der Waals surface area contributed by atoms with Crippen molar-refractivity contribution in [1.29, 1.82) is 0 Å². The van der Waals surface area contributed by atoms with Crippen molar-refractivity contribution < 1.29 is 0 Å². The molecule has 1 aromatic carbocycles. The monoisotopic (exact) mass is 409 g/mol. The lowest BCUT2D eigenvalue weighted by molar-refractivity contribution is 0.139. The summed E-state index contributed by atoms with van der Waals surface area (Å²) in [7, 11) is 0. The number of hydrogen-bond donors (Lipinski definition) is 0. The van der Waals surface area contributed by atoms with Gasteiger partial charge < -0.3 is 0 Å². The van der Waals surface area contributed by atoms with E-state index >= 15 is 0 Å². The first-order chi connectivity index (χ1) is 14.1. The first-order valence-electron chi connectivity index (χ1n) is 10.7. The normalized spacial score (nSPS) is 17.5. The summed E-state index contributed by atoms with van der Waals surface area (Å²) in [4.78, 5) is 3.91. The summed E-state index contributed by atoms with van der Waals surface area (Å²) in [5, 5.41) is 15.1. The molecular formula is C23H31N5S. The summed E-state index contributed by atoms with van der Waals surface area (Å²) in [5.41, 5.74) is 1.36. The molecule has 3 heterocycles. The predicted molar refractivity (Wildman–Crippen MR) is 118 cm³/mol. The van der Waals surface area contributed by atoms with Crippen molar-refractivity contribution in [3.8, 4) is 0 Å². The molecule has 6 heteroatoms. The minimum atomic E-state index is -0.0972. The van der Waals surface area contributed by atoms with Gasteiger partial charge in [0.2, 0.25) is 0 Å². The molecule has 0 amide bonds. The van der Waals surface area contributed by atoms with Crippen molar-refractivity contribution >= 4 is 11.3 Å². The van der Waals surface area contributed by atoms with Crippen molar-refractivity contribution in [1.82, 2.24) is 25.1 Å². The van der Waals surface area contributed by atoms with E-state index in [-0.39, 0.29) is 11.6 Å². The minimum Gasteiger partial charge on any atom is -0.289 e. The number of tetrazole rings is 1.